The van der Waals surface area contributed by atoms with Crippen LogP contribution in [0.1, 0.15) is 22.3 Å². The molecule has 0 aromatic heterocycles. The molecule has 2 aromatic carbocycles. The Morgan fingerprint density at radius 1 is 1.12 bits per heavy atom. The zero-order chi connectivity index (χ0) is 11.1. The summed E-state index contributed by atoms with van der Waals surface area (Å²) in [6.07, 6.45) is 7.46. The van der Waals surface area contributed by atoms with Gasteiger partial charge in [-0.25, -0.2) is 0 Å². The van der Waals surface area contributed by atoms with E-state index in [1.54, 1.807) is 0 Å². The van der Waals surface area contributed by atoms with Crippen LogP contribution in [-0.4, -0.2) is 0 Å². The second kappa shape index (κ2) is 3.34. The summed E-state index contributed by atoms with van der Waals surface area (Å²) in [5.41, 5.74) is 5.35. The number of aryl methyl sites for hydroxylation is 1. The third-order valence-electron chi connectivity index (χ3n) is 3.37. The maximum Gasteiger partial charge on any atom is -0.00676 e. The minimum Gasteiger partial charge on any atom is -0.0984 e. The van der Waals surface area contributed by atoms with Gasteiger partial charge in [0, 0.05) is 0 Å². The van der Waals surface area contributed by atoms with Crippen molar-refractivity contribution < 1.29 is 0 Å². The summed E-state index contributed by atoms with van der Waals surface area (Å²) in [7, 11) is 0. The summed E-state index contributed by atoms with van der Waals surface area (Å²) in [6, 6.07) is 8.82. The molecule has 0 bridgehead atoms. The summed E-state index contributed by atoms with van der Waals surface area (Å²) in [4.78, 5) is 0. The van der Waals surface area contributed by atoms with Crippen molar-refractivity contribution in [3.05, 3.63) is 59.2 Å². The third kappa shape index (κ3) is 1.16. The van der Waals surface area contributed by atoms with Gasteiger partial charge in [0.1, 0.15) is 0 Å². The quantitative estimate of drug-likeness (QED) is 0.650. The lowest BCUT2D eigenvalue weighted by Crippen LogP contribution is -1.95. The molecule has 16 heavy (non-hydrogen) atoms. The van der Waals surface area contributed by atoms with Crippen LogP contribution in [0.15, 0.2) is 36.9 Å². The molecule has 0 fully saturated rings. The molecular formula is C16H14. The predicted molar refractivity (Wildman–Crippen MR) is 71.5 cm³/mol. The molecular weight excluding hydrogens is 192 g/mol. The first-order valence-corrected chi connectivity index (χ1v) is 5.65. The Balaban J connectivity index is 2.57. The van der Waals surface area contributed by atoms with Gasteiger partial charge in [0.15, 0.2) is 0 Å². The SMILES string of the molecule is C=Cc1ccc2c3c(ccc(C)c13)C=CC2. The van der Waals surface area contributed by atoms with Gasteiger partial charge in [-0.1, -0.05) is 49.1 Å². The summed E-state index contributed by atoms with van der Waals surface area (Å²) in [5, 5.41) is 2.79. The van der Waals surface area contributed by atoms with E-state index in [0.717, 1.165) is 6.42 Å². The maximum absolute atomic E-state index is 3.91. The minimum atomic E-state index is 1.05. The smallest absolute Gasteiger partial charge is 0.00676 e. The molecule has 1 aliphatic carbocycles. The zero-order valence-corrected chi connectivity index (χ0v) is 9.46. The largest absolute Gasteiger partial charge is 0.0984 e. The van der Waals surface area contributed by atoms with Crippen LogP contribution >= 0.6 is 0 Å². The van der Waals surface area contributed by atoms with Gasteiger partial charge in [0.2, 0.25) is 0 Å². The zero-order valence-electron chi connectivity index (χ0n) is 9.46. The first-order chi connectivity index (χ1) is 7.81. The average molecular weight is 206 g/mol. The fourth-order valence-corrected chi connectivity index (χ4v) is 2.59. The van der Waals surface area contributed by atoms with Crippen molar-refractivity contribution in [1.29, 1.82) is 0 Å². The lowest BCUT2D eigenvalue weighted by molar-refractivity contribution is 1.29. The van der Waals surface area contributed by atoms with E-state index in [0.29, 0.717) is 0 Å². The van der Waals surface area contributed by atoms with E-state index in [1.807, 2.05) is 6.08 Å². The molecule has 78 valence electrons. The lowest BCUT2D eigenvalue weighted by Gasteiger charge is -2.16. The number of hydrogen-bond donors (Lipinski definition) is 0. The minimum absolute atomic E-state index is 1.05. The topological polar surface area (TPSA) is 0 Å². The molecule has 0 saturated heterocycles. The van der Waals surface area contributed by atoms with E-state index < -0.39 is 0 Å². The molecule has 0 heterocycles. The summed E-state index contributed by atoms with van der Waals surface area (Å²) < 4.78 is 0. The van der Waals surface area contributed by atoms with Crippen molar-refractivity contribution in [3.63, 3.8) is 0 Å². The van der Waals surface area contributed by atoms with Crippen LogP contribution in [0.5, 0.6) is 0 Å². The highest BCUT2D eigenvalue weighted by atomic mass is 14.2. The van der Waals surface area contributed by atoms with Gasteiger partial charge in [0.25, 0.3) is 0 Å². The van der Waals surface area contributed by atoms with Gasteiger partial charge in [-0.2, -0.15) is 0 Å². The Kier molecular flexibility index (Phi) is 1.97. The average Bonchev–Trinajstić information content (AvgIpc) is 2.33. The van der Waals surface area contributed by atoms with Gasteiger partial charge < -0.3 is 0 Å². The molecule has 0 unspecified atom stereocenters. The highest BCUT2D eigenvalue weighted by molar-refractivity contribution is 6.01. The molecule has 0 N–H and O–H groups in total. The van der Waals surface area contributed by atoms with Crippen LogP contribution in [0.3, 0.4) is 0 Å². The van der Waals surface area contributed by atoms with Crippen molar-refractivity contribution in [2.75, 3.05) is 0 Å². The highest BCUT2D eigenvalue weighted by Crippen LogP contribution is 2.33. The Bertz CT molecular complexity index is 610. The van der Waals surface area contributed by atoms with Gasteiger partial charge in [-0.15, -0.1) is 0 Å². The Labute approximate surface area is 95.9 Å². The number of allylic oxidation sites excluding steroid dienone is 1. The molecule has 0 atom stereocenters. The molecule has 3 rings (SSSR count). The summed E-state index contributed by atoms with van der Waals surface area (Å²) >= 11 is 0. The Hall–Kier alpha value is -1.82. The van der Waals surface area contributed by atoms with Gasteiger partial charge in [0.05, 0.1) is 0 Å². The molecule has 0 amide bonds. The summed E-state index contributed by atoms with van der Waals surface area (Å²) in [6.45, 7) is 6.08. The van der Waals surface area contributed by atoms with Gasteiger partial charge >= 0.3 is 0 Å². The normalized spacial score (nSPS) is 13.1. The monoisotopic (exact) mass is 206 g/mol. The van der Waals surface area contributed by atoms with E-state index in [-0.39, 0.29) is 0 Å². The number of hydrogen-bond acceptors (Lipinski definition) is 0. The van der Waals surface area contributed by atoms with E-state index in [1.165, 1.54) is 33.0 Å². The van der Waals surface area contributed by atoms with Crippen molar-refractivity contribution in [2.45, 2.75) is 13.3 Å². The molecule has 0 aliphatic heterocycles. The molecule has 0 nitrogen and oxygen atoms in total. The highest BCUT2D eigenvalue weighted by Gasteiger charge is 2.11. The van der Waals surface area contributed by atoms with Crippen molar-refractivity contribution >= 4 is 22.9 Å². The van der Waals surface area contributed by atoms with Crippen molar-refractivity contribution in [1.82, 2.24) is 0 Å². The number of rotatable bonds is 1. The maximum atomic E-state index is 3.91. The van der Waals surface area contributed by atoms with Crippen LogP contribution in [0.25, 0.3) is 22.9 Å². The molecule has 0 saturated carbocycles. The van der Waals surface area contributed by atoms with Crippen LogP contribution in [0.4, 0.5) is 0 Å². The van der Waals surface area contributed by atoms with Crippen molar-refractivity contribution in [3.8, 4) is 0 Å². The van der Waals surface area contributed by atoms with E-state index in [2.05, 4.69) is 49.9 Å². The third-order valence-corrected chi connectivity index (χ3v) is 3.37. The lowest BCUT2D eigenvalue weighted by atomic mass is 9.88. The fraction of sp³-hybridized carbons (Fsp3) is 0.125. The van der Waals surface area contributed by atoms with Crippen LogP contribution in [0.2, 0.25) is 0 Å². The van der Waals surface area contributed by atoms with Crippen molar-refractivity contribution in [2.24, 2.45) is 0 Å². The van der Waals surface area contributed by atoms with Crippen LogP contribution in [0, 0.1) is 6.92 Å². The van der Waals surface area contributed by atoms with E-state index in [4.69, 9.17) is 0 Å². The molecule has 1 aliphatic rings. The second-order valence-electron chi connectivity index (χ2n) is 4.35. The molecule has 2 aromatic rings. The standard InChI is InChI=1S/C16H14/c1-3-12-9-10-14-6-4-5-13-8-7-11(2)15(12)16(13)14/h3-5,7-10H,1,6H2,2H3. The summed E-state index contributed by atoms with van der Waals surface area (Å²) in [5.74, 6) is 0. The van der Waals surface area contributed by atoms with Gasteiger partial charge in [-0.3, -0.25) is 0 Å². The molecule has 0 radical (unpaired) electrons. The Morgan fingerprint density at radius 2 is 2.00 bits per heavy atom. The first kappa shape index (κ1) is 9.41. The van der Waals surface area contributed by atoms with Gasteiger partial charge in [-0.05, 0) is 46.4 Å². The second-order valence-corrected chi connectivity index (χ2v) is 4.35. The van der Waals surface area contributed by atoms with E-state index in [9.17, 15) is 0 Å². The molecule has 0 spiro atoms. The van der Waals surface area contributed by atoms with E-state index >= 15 is 0 Å². The van der Waals surface area contributed by atoms with Crippen LogP contribution < -0.4 is 0 Å². The Morgan fingerprint density at radius 3 is 2.81 bits per heavy atom. The molecule has 0 heteroatoms. The van der Waals surface area contributed by atoms with Crippen LogP contribution in [-0.2, 0) is 6.42 Å². The fourth-order valence-electron chi connectivity index (χ4n) is 2.59. The number of benzene rings is 2. The first-order valence-electron chi connectivity index (χ1n) is 5.65. The predicted octanol–water partition coefficient (Wildman–Crippen LogP) is 4.36.